The fraction of sp³-hybridized carbons (Fsp3) is 0.500. The predicted octanol–water partition coefficient (Wildman–Crippen LogP) is 0.557. The highest BCUT2D eigenvalue weighted by atomic mass is 127. The number of H-pyrrole nitrogens is 1. The van der Waals surface area contributed by atoms with Gasteiger partial charge in [0.1, 0.15) is 9.39 Å². The lowest BCUT2D eigenvalue weighted by Crippen LogP contribution is -2.30. The molecule has 0 saturated heterocycles. The fourth-order valence-corrected chi connectivity index (χ4v) is 1.29. The summed E-state index contributed by atoms with van der Waals surface area (Å²) < 4.78 is 0.495. The Kier molecular flexibility index (Phi) is 3.48. The zero-order chi connectivity index (χ0) is 10.8. The lowest BCUT2D eigenvalue weighted by Gasteiger charge is -2.18. The molecule has 0 radical (unpaired) electrons. The molecule has 14 heavy (non-hydrogen) atoms. The molecule has 0 aromatic carbocycles. The Morgan fingerprint density at radius 3 is 2.93 bits per heavy atom. The Morgan fingerprint density at radius 1 is 1.71 bits per heavy atom. The standard InChI is InChI=1S/C8H12IN3O2/c1-8(2,14)3-10-6-5(9)7(13)12-4-11-6/h4,14H,3H2,1-2H3,(H2,10,11,12,13). The van der Waals surface area contributed by atoms with E-state index in [1.165, 1.54) is 6.33 Å². The summed E-state index contributed by atoms with van der Waals surface area (Å²) >= 11 is 1.91. The van der Waals surface area contributed by atoms with Crippen molar-refractivity contribution in [3.05, 3.63) is 20.3 Å². The van der Waals surface area contributed by atoms with Crippen LogP contribution in [0.25, 0.3) is 0 Å². The first-order valence-corrected chi connectivity index (χ1v) is 5.17. The number of aromatic nitrogens is 2. The number of nitrogens with zero attached hydrogens (tertiary/aromatic N) is 1. The number of hydrogen-bond donors (Lipinski definition) is 3. The first kappa shape index (κ1) is 11.4. The molecule has 0 aliphatic carbocycles. The average molecular weight is 309 g/mol. The maximum atomic E-state index is 11.2. The summed E-state index contributed by atoms with van der Waals surface area (Å²) in [6.07, 6.45) is 1.33. The number of halogens is 1. The molecular formula is C8H12IN3O2. The van der Waals surface area contributed by atoms with Crippen LogP contribution in [0.1, 0.15) is 13.8 Å². The van der Waals surface area contributed by atoms with Crippen molar-refractivity contribution in [3.8, 4) is 0 Å². The number of nitrogens with one attached hydrogen (secondary N) is 2. The summed E-state index contributed by atoms with van der Waals surface area (Å²) in [7, 11) is 0. The van der Waals surface area contributed by atoms with Crippen LogP contribution in [0.4, 0.5) is 5.82 Å². The molecule has 1 rings (SSSR count). The van der Waals surface area contributed by atoms with E-state index in [0.717, 1.165) is 0 Å². The van der Waals surface area contributed by atoms with Gasteiger partial charge in [0.25, 0.3) is 5.56 Å². The van der Waals surface area contributed by atoms with Gasteiger partial charge in [-0.05, 0) is 36.4 Å². The van der Waals surface area contributed by atoms with Crippen molar-refractivity contribution in [3.63, 3.8) is 0 Å². The van der Waals surface area contributed by atoms with Crippen LogP contribution in [0.15, 0.2) is 11.1 Å². The predicted molar refractivity (Wildman–Crippen MR) is 62.4 cm³/mol. The van der Waals surface area contributed by atoms with Gasteiger partial charge in [0.15, 0.2) is 0 Å². The van der Waals surface area contributed by atoms with Crippen LogP contribution in [-0.2, 0) is 0 Å². The molecule has 0 aliphatic heterocycles. The monoisotopic (exact) mass is 309 g/mol. The van der Waals surface area contributed by atoms with E-state index >= 15 is 0 Å². The first-order valence-electron chi connectivity index (χ1n) is 4.09. The molecule has 5 nitrogen and oxygen atoms in total. The van der Waals surface area contributed by atoms with Gasteiger partial charge in [0.05, 0.1) is 11.9 Å². The smallest absolute Gasteiger partial charge is 0.266 e. The van der Waals surface area contributed by atoms with Gasteiger partial charge in [0.2, 0.25) is 0 Å². The molecule has 0 fully saturated rings. The molecule has 1 aromatic heterocycles. The molecule has 3 N–H and O–H groups in total. The van der Waals surface area contributed by atoms with Crippen molar-refractivity contribution in [2.75, 3.05) is 11.9 Å². The van der Waals surface area contributed by atoms with Crippen molar-refractivity contribution in [2.45, 2.75) is 19.4 Å². The molecule has 0 atom stereocenters. The maximum absolute atomic E-state index is 11.2. The molecule has 0 amide bonds. The van der Waals surface area contributed by atoms with E-state index in [1.807, 2.05) is 22.6 Å². The fourth-order valence-electron chi connectivity index (χ4n) is 0.806. The Balaban J connectivity index is 2.78. The molecule has 0 saturated carbocycles. The first-order chi connectivity index (χ1) is 6.40. The number of rotatable bonds is 3. The summed E-state index contributed by atoms with van der Waals surface area (Å²) in [5.74, 6) is 0.497. The Hall–Kier alpha value is -0.630. The third-order valence-corrected chi connectivity index (χ3v) is 2.49. The van der Waals surface area contributed by atoms with E-state index in [2.05, 4.69) is 15.3 Å². The third kappa shape index (κ3) is 3.26. The van der Waals surface area contributed by atoms with E-state index in [-0.39, 0.29) is 5.56 Å². The van der Waals surface area contributed by atoms with Crippen molar-refractivity contribution in [2.24, 2.45) is 0 Å². The highest BCUT2D eigenvalue weighted by Crippen LogP contribution is 2.10. The normalized spacial score (nSPS) is 11.4. The van der Waals surface area contributed by atoms with Gasteiger partial charge in [-0.15, -0.1) is 0 Å². The van der Waals surface area contributed by atoms with Gasteiger partial charge < -0.3 is 15.4 Å². The number of aliphatic hydroxyl groups is 1. The summed E-state index contributed by atoms with van der Waals surface area (Å²) in [6, 6.07) is 0. The summed E-state index contributed by atoms with van der Waals surface area (Å²) in [5.41, 5.74) is -1.01. The van der Waals surface area contributed by atoms with Crippen LogP contribution < -0.4 is 10.9 Å². The van der Waals surface area contributed by atoms with Gasteiger partial charge in [-0.3, -0.25) is 4.79 Å². The minimum Gasteiger partial charge on any atom is -0.389 e. The van der Waals surface area contributed by atoms with Crippen molar-refractivity contribution >= 4 is 28.4 Å². The van der Waals surface area contributed by atoms with E-state index < -0.39 is 5.60 Å². The average Bonchev–Trinajstić information content (AvgIpc) is 2.06. The highest BCUT2D eigenvalue weighted by molar-refractivity contribution is 14.1. The highest BCUT2D eigenvalue weighted by Gasteiger charge is 2.13. The van der Waals surface area contributed by atoms with Crippen molar-refractivity contribution in [1.82, 2.24) is 9.97 Å². The number of hydrogen-bond acceptors (Lipinski definition) is 4. The molecule has 0 spiro atoms. The summed E-state index contributed by atoms with van der Waals surface area (Å²) in [6.45, 7) is 3.71. The second kappa shape index (κ2) is 4.26. The maximum Gasteiger partial charge on any atom is 0.266 e. The van der Waals surface area contributed by atoms with Crippen LogP contribution in [0.2, 0.25) is 0 Å². The molecule has 78 valence electrons. The van der Waals surface area contributed by atoms with Gasteiger partial charge in [-0.1, -0.05) is 0 Å². The quantitative estimate of drug-likeness (QED) is 0.713. The Bertz CT molecular complexity index is 370. The largest absolute Gasteiger partial charge is 0.389 e. The van der Waals surface area contributed by atoms with Crippen molar-refractivity contribution in [1.29, 1.82) is 0 Å². The zero-order valence-corrected chi connectivity index (χ0v) is 10.1. The second-order valence-corrected chi connectivity index (χ2v) is 4.64. The molecular weight excluding hydrogens is 297 g/mol. The van der Waals surface area contributed by atoms with E-state index in [1.54, 1.807) is 13.8 Å². The van der Waals surface area contributed by atoms with Crippen molar-refractivity contribution < 1.29 is 5.11 Å². The number of aromatic amines is 1. The van der Waals surface area contributed by atoms with Crippen LogP contribution in [0.5, 0.6) is 0 Å². The molecule has 0 aliphatic rings. The van der Waals surface area contributed by atoms with E-state index in [4.69, 9.17) is 0 Å². The second-order valence-electron chi connectivity index (χ2n) is 3.56. The van der Waals surface area contributed by atoms with Crippen LogP contribution >= 0.6 is 22.6 Å². The lowest BCUT2D eigenvalue weighted by atomic mass is 10.1. The summed E-state index contributed by atoms with van der Waals surface area (Å²) in [5, 5.41) is 12.4. The number of anilines is 1. The summed E-state index contributed by atoms with van der Waals surface area (Å²) in [4.78, 5) is 17.6. The van der Waals surface area contributed by atoms with Crippen LogP contribution in [-0.4, -0.2) is 27.2 Å². The molecule has 1 heterocycles. The minimum atomic E-state index is -0.826. The minimum absolute atomic E-state index is 0.182. The van der Waals surface area contributed by atoms with E-state index in [9.17, 15) is 9.90 Å². The topological polar surface area (TPSA) is 78.0 Å². The third-order valence-electron chi connectivity index (χ3n) is 1.48. The Labute approximate surface area is 95.1 Å². The van der Waals surface area contributed by atoms with Crippen LogP contribution in [0.3, 0.4) is 0 Å². The zero-order valence-electron chi connectivity index (χ0n) is 7.97. The Morgan fingerprint density at radius 2 is 2.36 bits per heavy atom. The van der Waals surface area contributed by atoms with Gasteiger partial charge in [-0.25, -0.2) is 4.98 Å². The molecule has 1 aromatic rings. The molecule has 0 unspecified atom stereocenters. The van der Waals surface area contributed by atoms with Gasteiger partial charge >= 0.3 is 0 Å². The van der Waals surface area contributed by atoms with Gasteiger partial charge in [-0.2, -0.15) is 0 Å². The lowest BCUT2D eigenvalue weighted by molar-refractivity contribution is 0.0944. The van der Waals surface area contributed by atoms with E-state index in [0.29, 0.717) is 15.9 Å². The SMILES string of the molecule is CC(C)(O)CNc1nc[nH]c(=O)c1I. The van der Waals surface area contributed by atoms with Crippen LogP contribution in [0, 0.1) is 3.57 Å². The van der Waals surface area contributed by atoms with Gasteiger partial charge in [0, 0.05) is 6.54 Å². The molecule has 0 bridgehead atoms. The molecule has 6 heteroatoms.